The molecule has 0 bridgehead atoms. The maximum atomic E-state index is 12.3. The van der Waals surface area contributed by atoms with Crippen molar-refractivity contribution < 1.29 is 9.59 Å². The summed E-state index contributed by atoms with van der Waals surface area (Å²) in [7, 11) is 1.57. The summed E-state index contributed by atoms with van der Waals surface area (Å²) in [6.45, 7) is 4.11. The first-order valence-corrected chi connectivity index (χ1v) is 9.81. The fourth-order valence-electron chi connectivity index (χ4n) is 2.89. The maximum absolute atomic E-state index is 12.3. The molecule has 1 heterocycles. The molecule has 0 aliphatic carbocycles. The average molecular weight is 395 g/mol. The van der Waals surface area contributed by atoms with Gasteiger partial charge in [0.1, 0.15) is 0 Å². The first-order chi connectivity index (χ1) is 13.5. The fourth-order valence-corrected chi connectivity index (χ4v) is 3.67. The van der Waals surface area contributed by atoms with Gasteiger partial charge in [-0.1, -0.05) is 23.9 Å². The lowest BCUT2D eigenvalue weighted by Crippen LogP contribution is -2.19. The van der Waals surface area contributed by atoms with E-state index < -0.39 is 0 Å². The van der Waals surface area contributed by atoms with Crippen LogP contribution in [0.3, 0.4) is 0 Å². The number of thioether (sulfide) groups is 1. The Hall–Kier alpha value is -3.06. The molecule has 0 radical (unpaired) electrons. The van der Waals surface area contributed by atoms with Gasteiger partial charge < -0.3 is 10.6 Å². The van der Waals surface area contributed by atoms with Crippen LogP contribution in [-0.4, -0.2) is 34.2 Å². The number of aromatic nitrogens is 2. The predicted octanol–water partition coefficient (Wildman–Crippen LogP) is 3.58. The number of nitrogens with zero attached hydrogens (tertiary/aromatic N) is 2. The van der Waals surface area contributed by atoms with E-state index >= 15 is 0 Å². The molecule has 0 saturated carbocycles. The first-order valence-electron chi connectivity index (χ1n) is 8.83. The summed E-state index contributed by atoms with van der Waals surface area (Å²) < 4.78 is 1.98. The van der Waals surface area contributed by atoms with Crippen LogP contribution in [0.2, 0.25) is 0 Å². The molecule has 0 saturated heterocycles. The zero-order valence-electron chi connectivity index (χ0n) is 16.0. The second-order valence-electron chi connectivity index (χ2n) is 6.42. The SMILES string of the molecule is CNC(=O)c1cccc(NC(=O)CSc2nccn2-c2cc(C)cc(C)c2)c1. The number of aryl methyl sites for hydroxylation is 2. The number of hydrogen-bond donors (Lipinski definition) is 2. The lowest BCUT2D eigenvalue weighted by Gasteiger charge is -2.10. The van der Waals surface area contributed by atoms with E-state index in [2.05, 4.69) is 47.7 Å². The molecule has 7 heteroatoms. The zero-order valence-corrected chi connectivity index (χ0v) is 16.8. The van der Waals surface area contributed by atoms with Crippen LogP contribution in [0.15, 0.2) is 60.0 Å². The van der Waals surface area contributed by atoms with E-state index in [4.69, 9.17) is 0 Å². The monoisotopic (exact) mass is 394 g/mol. The van der Waals surface area contributed by atoms with Gasteiger partial charge in [0.05, 0.1) is 5.75 Å². The van der Waals surface area contributed by atoms with Crippen molar-refractivity contribution in [2.24, 2.45) is 0 Å². The maximum Gasteiger partial charge on any atom is 0.251 e. The highest BCUT2D eigenvalue weighted by Crippen LogP contribution is 2.22. The van der Waals surface area contributed by atoms with Gasteiger partial charge in [-0.2, -0.15) is 0 Å². The van der Waals surface area contributed by atoms with Gasteiger partial charge in [-0.3, -0.25) is 14.2 Å². The molecule has 2 N–H and O–H groups in total. The number of hydrogen-bond acceptors (Lipinski definition) is 4. The van der Waals surface area contributed by atoms with Gasteiger partial charge in [-0.05, 0) is 55.3 Å². The van der Waals surface area contributed by atoms with Gasteiger partial charge in [0.2, 0.25) is 5.91 Å². The molecule has 0 aliphatic rings. The minimum Gasteiger partial charge on any atom is -0.355 e. The fraction of sp³-hybridized carbons (Fsp3) is 0.190. The minimum absolute atomic E-state index is 0.158. The Morgan fingerprint density at radius 1 is 1.11 bits per heavy atom. The molecule has 2 aromatic carbocycles. The standard InChI is InChI=1S/C21H22N4O2S/c1-14-9-15(2)11-18(10-14)25-8-7-23-21(25)28-13-19(26)24-17-6-4-5-16(12-17)20(27)22-3/h4-12H,13H2,1-3H3,(H,22,27)(H,24,26). The van der Waals surface area contributed by atoms with Gasteiger partial charge in [0.15, 0.2) is 5.16 Å². The van der Waals surface area contributed by atoms with Crippen molar-refractivity contribution in [3.8, 4) is 5.69 Å². The largest absolute Gasteiger partial charge is 0.355 e. The summed E-state index contributed by atoms with van der Waals surface area (Å²) >= 11 is 1.36. The molecular weight excluding hydrogens is 372 g/mol. The lowest BCUT2D eigenvalue weighted by molar-refractivity contribution is -0.113. The van der Waals surface area contributed by atoms with Crippen molar-refractivity contribution in [1.82, 2.24) is 14.9 Å². The van der Waals surface area contributed by atoms with Crippen LogP contribution in [-0.2, 0) is 4.79 Å². The van der Waals surface area contributed by atoms with Crippen LogP contribution >= 0.6 is 11.8 Å². The molecule has 0 atom stereocenters. The third-order valence-corrected chi connectivity index (χ3v) is 5.03. The van der Waals surface area contributed by atoms with Crippen LogP contribution in [0, 0.1) is 13.8 Å². The Morgan fingerprint density at radius 2 is 1.86 bits per heavy atom. The molecule has 28 heavy (non-hydrogen) atoms. The molecule has 2 amide bonds. The smallest absolute Gasteiger partial charge is 0.251 e. The molecule has 6 nitrogen and oxygen atoms in total. The topological polar surface area (TPSA) is 76.0 Å². The summed E-state index contributed by atoms with van der Waals surface area (Å²) in [5.41, 5.74) is 4.46. The highest BCUT2D eigenvalue weighted by atomic mass is 32.2. The summed E-state index contributed by atoms with van der Waals surface area (Å²) in [5.74, 6) is -0.138. The number of carbonyl (C=O) groups is 2. The van der Waals surface area contributed by atoms with Gasteiger partial charge in [-0.25, -0.2) is 4.98 Å². The second-order valence-corrected chi connectivity index (χ2v) is 7.37. The van der Waals surface area contributed by atoms with Gasteiger partial charge >= 0.3 is 0 Å². The summed E-state index contributed by atoms with van der Waals surface area (Å²) in [6.07, 6.45) is 3.62. The summed E-state index contributed by atoms with van der Waals surface area (Å²) in [5, 5.41) is 6.14. The Balaban J connectivity index is 1.66. The van der Waals surface area contributed by atoms with E-state index in [9.17, 15) is 9.59 Å². The van der Waals surface area contributed by atoms with Crippen LogP contribution in [0.25, 0.3) is 5.69 Å². The van der Waals surface area contributed by atoms with E-state index in [1.807, 2.05) is 10.8 Å². The highest BCUT2D eigenvalue weighted by Gasteiger charge is 2.11. The number of benzene rings is 2. The molecule has 0 unspecified atom stereocenters. The van der Waals surface area contributed by atoms with Crippen molar-refractivity contribution in [1.29, 1.82) is 0 Å². The minimum atomic E-state index is -0.194. The second kappa shape index (κ2) is 8.75. The van der Waals surface area contributed by atoms with Crippen molar-refractivity contribution >= 4 is 29.3 Å². The van der Waals surface area contributed by atoms with E-state index in [0.717, 1.165) is 10.8 Å². The molecule has 0 spiro atoms. The van der Waals surface area contributed by atoms with Gasteiger partial charge in [-0.15, -0.1) is 0 Å². The Bertz CT molecular complexity index is 993. The number of amides is 2. The highest BCUT2D eigenvalue weighted by molar-refractivity contribution is 7.99. The van der Waals surface area contributed by atoms with Crippen LogP contribution < -0.4 is 10.6 Å². The van der Waals surface area contributed by atoms with Crippen molar-refractivity contribution in [3.05, 3.63) is 71.5 Å². The first kappa shape index (κ1) is 19.7. The summed E-state index contributed by atoms with van der Waals surface area (Å²) in [6, 6.07) is 13.1. The van der Waals surface area contributed by atoms with Gasteiger partial charge in [0, 0.05) is 36.4 Å². The molecule has 3 rings (SSSR count). The number of nitrogens with one attached hydrogen (secondary N) is 2. The lowest BCUT2D eigenvalue weighted by atomic mass is 10.1. The molecular formula is C21H22N4O2S. The Labute approximate surface area is 168 Å². The average Bonchev–Trinajstić information content (AvgIpc) is 3.14. The molecule has 1 aromatic heterocycles. The predicted molar refractivity (Wildman–Crippen MR) is 112 cm³/mol. The van der Waals surface area contributed by atoms with E-state index in [1.165, 1.54) is 22.9 Å². The van der Waals surface area contributed by atoms with Crippen molar-refractivity contribution in [3.63, 3.8) is 0 Å². The Kier molecular flexibility index (Phi) is 6.16. The molecule has 0 fully saturated rings. The van der Waals surface area contributed by atoms with Crippen LogP contribution in [0.1, 0.15) is 21.5 Å². The quantitative estimate of drug-likeness (QED) is 0.627. The molecule has 3 aromatic rings. The third kappa shape index (κ3) is 4.80. The summed E-state index contributed by atoms with van der Waals surface area (Å²) in [4.78, 5) is 28.4. The zero-order chi connectivity index (χ0) is 20.1. The van der Waals surface area contributed by atoms with Crippen molar-refractivity contribution in [2.75, 3.05) is 18.1 Å². The third-order valence-electron chi connectivity index (χ3n) is 4.06. The number of anilines is 1. The molecule has 0 aliphatic heterocycles. The van der Waals surface area contributed by atoms with Crippen molar-refractivity contribution in [2.45, 2.75) is 19.0 Å². The van der Waals surface area contributed by atoms with Crippen LogP contribution in [0.4, 0.5) is 5.69 Å². The number of carbonyl (C=O) groups excluding carboxylic acids is 2. The normalized spacial score (nSPS) is 10.5. The van der Waals surface area contributed by atoms with E-state index in [0.29, 0.717) is 11.3 Å². The van der Waals surface area contributed by atoms with E-state index in [1.54, 1.807) is 37.5 Å². The molecule has 144 valence electrons. The Morgan fingerprint density at radius 3 is 2.57 bits per heavy atom. The number of imidazole rings is 1. The van der Waals surface area contributed by atoms with E-state index in [-0.39, 0.29) is 17.6 Å². The number of rotatable bonds is 6. The van der Waals surface area contributed by atoms with Gasteiger partial charge in [0.25, 0.3) is 5.91 Å². The van der Waals surface area contributed by atoms with Crippen LogP contribution in [0.5, 0.6) is 0 Å².